The first kappa shape index (κ1) is 10.7. The Morgan fingerprint density at radius 1 is 0.909 bits per heavy atom. The summed E-state index contributed by atoms with van der Waals surface area (Å²) in [5.41, 5.74) is 0. The SMILES string of the molecule is CC(F)(F)CNCC(C)(F)F. The molecule has 0 heterocycles. The van der Waals surface area contributed by atoms with Gasteiger partial charge < -0.3 is 5.32 Å². The van der Waals surface area contributed by atoms with Crippen molar-refractivity contribution in [3.8, 4) is 0 Å². The minimum absolute atomic E-state index is 0.674. The zero-order valence-electron chi connectivity index (χ0n) is 6.43. The standard InChI is InChI=1S/C6H11F4N/c1-5(7,8)3-11-4-6(2,9)10/h11H,3-4H2,1-2H3. The molecular formula is C6H11F4N. The summed E-state index contributed by atoms with van der Waals surface area (Å²) in [5, 5.41) is 1.97. The fourth-order valence-electron chi connectivity index (χ4n) is 0.501. The van der Waals surface area contributed by atoms with Crippen LogP contribution in [-0.4, -0.2) is 24.9 Å². The van der Waals surface area contributed by atoms with Gasteiger partial charge in [0.05, 0.1) is 13.1 Å². The van der Waals surface area contributed by atoms with Crippen molar-refractivity contribution in [2.45, 2.75) is 25.7 Å². The fraction of sp³-hybridized carbons (Fsp3) is 1.00. The largest absolute Gasteiger partial charge is 0.306 e. The second-order valence-corrected chi connectivity index (χ2v) is 2.74. The van der Waals surface area contributed by atoms with Crippen LogP contribution in [0.3, 0.4) is 0 Å². The number of halogens is 4. The first-order valence-electron chi connectivity index (χ1n) is 3.17. The normalized spacial score (nSPS) is 13.6. The highest BCUT2D eigenvalue weighted by Crippen LogP contribution is 2.12. The maximum Gasteiger partial charge on any atom is 0.257 e. The first-order chi connectivity index (χ1) is 4.71. The lowest BCUT2D eigenvalue weighted by molar-refractivity contribution is -0.00374. The third-order valence-corrected chi connectivity index (χ3v) is 0.871. The van der Waals surface area contributed by atoms with E-state index in [0.29, 0.717) is 13.8 Å². The average Bonchev–Trinajstić information content (AvgIpc) is 1.55. The molecule has 0 aliphatic heterocycles. The molecule has 0 saturated carbocycles. The molecular weight excluding hydrogens is 162 g/mol. The van der Waals surface area contributed by atoms with E-state index < -0.39 is 24.9 Å². The van der Waals surface area contributed by atoms with Crippen molar-refractivity contribution in [2.75, 3.05) is 13.1 Å². The number of alkyl halides is 4. The van der Waals surface area contributed by atoms with Crippen LogP contribution in [0.25, 0.3) is 0 Å². The molecule has 11 heavy (non-hydrogen) atoms. The summed E-state index contributed by atoms with van der Waals surface area (Å²) >= 11 is 0. The van der Waals surface area contributed by atoms with E-state index in [1.54, 1.807) is 0 Å². The highest BCUT2D eigenvalue weighted by Gasteiger charge is 2.25. The van der Waals surface area contributed by atoms with Crippen LogP contribution in [0, 0.1) is 0 Å². The van der Waals surface area contributed by atoms with Crippen LogP contribution in [0.15, 0.2) is 0 Å². The molecule has 0 aromatic carbocycles. The average molecular weight is 173 g/mol. The van der Waals surface area contributed by atoms with Crippen LogP contribution in [-0.2, 0) is 0 Å². The maximum absolute atomic E-state index is 12.0. The van der Waals surface area contributed by atoms with Gasteiger partial charge in [0.25, 0.3) is 11.8 Å². The summed E-state index contributed by atoms with van der Waals surface area (Å²) in [4.78, 5) is 0. The van der Waals surface area contributed by atoms with Crippen LogP contribution in [0.4, 0.5) is 17.6 Å². The molecule has 0 aliphatic carbocycles. The number of hydrogen-bond donors (Lipinski definition) is 1. The number of rotatable bonds is 4. The summed E-state index contributed by atoms with van der Waals surface area (Å²) in [6.07, 6.45) is 0. The molecule has 0 atom stereocenters. The fourth-order valence-corrected chi connectivity index (χ4v) is 0.501. The Hall–Kier alpha value is -0.320. The Labute approximate surface area is 62.8 Å². The minimum atomic E-state index is -2.93. The van der Waals surface area contributed by atoms with Gasteiger partial charge in [-0.2, -0.15) is 0 Å². The molecule has 1 N–H and O–H groups in total. The molecule has 0 rings (SSSR count). The van der Waals surface area contributed by atoms with Gasteiger partial charge in [0.2, 0.25) is 0 Å². The van der Waals surface area contributed by atoms with E-state index in [1.807, 2.05) is 5.32 Å². The first-order valence-corrected chi connectivity index (χ1v) is 3.17. The lowest BCUT2D eigenvalue weighted by Gasteiger charge is -2.14. The molecule has 0 aromatic heterocycles. The molecule has 0 radical (unpaired) electrons. The summed E-state index contributed by atoms with van der Waals surface area (Å²) in [5.74, 6) is -5.85. The Morgan fingerprint density at radius 2 is 1.18 bits per heavy atom. The predicted octanol–water partition coefficient (Wildman–Crippen LogP) is 1.89. The molecule has 0 aliphatic rings. The topological polar surface area (TPSA) is 12.0 Å². The van der Waals surface area contributed by atoms with Crippen LogP contribution in [0.1, 0.15) is 13.8 Å². The van der Waals surface area contributed by atoms with Crippen LogP contribution in [0.2, 0.25) is 0 Å². The second-order valence-electron chi connectivity index (χ2n) is 2.74. The van der Waals surface area contributed by atoms with Gasteiger partial charge in [-0.25, -0.2) is 17.6 Å². The van der Waals surface area contributed by atoms with Gasteiger partial charge in [-0.15, -0.1) is 0 Å². The predicted molar refractivity (Wildman–Crippen MR) is 34.1 cm³/mol. The summed E-state index contributed by atoms with van der Waals surface area (Å²) in [7, 11) is 0. The van der Waals surface area contributed by atoms with Crippen molar-refractivity contribution in [2.24, 2.45) is 0 Å². The van der Waals surface area contributed by atoms with Crippen molar-refractivity contribution < 1.29 is 17.6 Å². The zero-order valence-corrected chi connectivity index (χ0v) is 6.43. The quantitative estimate of drug-likeness (QED) is 0.640. The molecule has 0 fully saturated rings. The molecule has 0 amide bonds. The lowest BCUT2D eigenvalue weighted by atomic mass is 10.3. The van der Waals surface area contributed by atoms with E-state index in [1.165, 1.54) is 0 Å². The molecule has 0 aromatic rings. The van der Waals surface area contributed by atoms with Crippen molar-refractivity contribution >= 4 is 0 Å². The van der Waals surface area contributed by atoms with Gasteiger partial charge >= 0.3 is 0 Å². The van der Waals surface area contributed by atoms with E-state index in [4.69, 9.17) is 0 Å². The van der Waals surface area contributed by atoms with Gasteiger partial charge in [0, 0.05) is 13.8 Å². The van der Waals surface area contributed by atoms with Gasteiger partial charge in [-0.05, 0) is 0 Å². The summed E-state index contributed by atoms with van der Waals surface area (Å²) in [6.45, 7) is -0.0749. The van der Waals surface area contributed by atoms with Gasteiger partial charge in [-0.3, -0.25) is 0 Å². The number of hydrogen-bond acceptors (Lipinski definition) is 1. The van der Waals surface area contributed by atoms with E-state index >= 15 is 0 Å². The molecule has 0 unspecified atom stereocenters. The van der Waals surface area contributed by atoms with Crippen molar-refractivity contribution in [1.29, 1.82) is 0 Å². The van der Waals surface area contributed by atoms with Crippen LogP contribution < -0.4 is 5.32 Å². The van der Waals surface area contributed by atoms with Crippen molar-refractivity contribution in [3.05, 3.63) is 0 Å². The van der Waals surface area contributed by atoms with Gasteiger partial charge in [-0.1, -0.05) is 0 Å². The van der Waals surface area contributed by atoms with Gasteiger partial charge in [0.1, 0.15) is 0 Å². The minimum Gasteiger partial charge on any atom is -0.306 e. The van der Waals surface area contributed by atoms with Gasteiger partial charge in [0.15, 0.2) is 0 Å². The van der Waals surface area contributed by atoms with Crippen molar-refractivity contribution in [3.63, 3.8) is 0 Å². The Balaban J connectivity index is 3.44. The Morgan fingerprint density at radius 3 is 1.36 bits per heavy atom. The molecule has 0 bridgehead atoms. The number of nitrogens with one attached hydrogen (secondary N) is 1. The highest BCUT2D eigenvalue weighted by atomic mass is 19.3. The molecule has 1 nitrogen and oxygen atoms in total. The summed E-state index contributed by atoms with van der Waals surface area (Å²) in [6, 6.07) is 0. The monoisotopic (exact) mass is 173 g/mol. The lowest BCUT2D eigenvalue weighted by Crippen LogP contribution is -2.37. The van der Waals surface area contributed by atoms with E-state index in [0.717, 1.165) is 0 Å². The highest BCUT2D eigenvalue weighted by molar-refractivity contribution is 4.67. The molecule has 5 heteroatoms. The smallest absolute Gasteiger partial charge is 0.257 e. The zero-order chi connectivity index (χ0) is 9.12. The maximum atomic E-state index is 12.0. The third-order valence-electron chi connectivity index (χ3n) is 0.871. The third kappa shape index (κ3) is 9.68. The van der Waals surface area contributed by atoms with E-state index in [9.17, 15) is 17.6 Å². The molecule has 0 saturated heterocycles. The van der Waals surface area contributed by atoms with Crippen molar-refractivity contribution in [1.82, 2.24) is 5.32 Å². The molecule has 0 spiro atoms. The second kappa shape index (κ2) is 3.38. The molecule has 68 valence electrons. The Kier molecular flexibility index (Phi) is 3.29. The summed E-state index contributed by atoms with van der Waals surface area (Å²) < 4.78 is 48.0. The Bertz CT molecular complexity index is 98.7. The van der Waals surface area contributed by atoms with Crippen LogP contribution >= 0.6 is 0 Å². The van der Waals surface area contributed by atoms with Crippen LogP contribution in [0.5, 0.6) is 0 Å². The van der Waals surface area contributed by atoms with E-state index in [2.05, 4.69) is 0 Å². The van der Waals surface area contributed by atoms with E-state index in [-0.39, 0.29) is 0 Å².